The van der Waals surface area contributed by atoms with E-state index in [2.05, 4.69) is 5.32 Å². The second-order valence-electron chi connectivity index (χ2n) is 8.58. The summed E-state index contributed by atoms with van der Waals surface area (Å²) >= 11 is 1.04. The monoisotopic (exact) mass is 486 g/mol. The fourth-order valence-electron chi connectivity index (χ4n) is 4.61. The first-order valence-electron chi connectivity index (χ1n) is 11.0. The minimum absolute atomic E-state index is 0.0494. The molecular weight excluding hydrogens is 461 g/mol. The molecule has 1 N–H and O–H groups in total. The van der Waals surface area contributed by atoms with Crippen LogP contribution in [-0.2, 0) is 22.7 Å². The third kappa shape index (κ3) is 4.57. The molecule has 12 heteroatoms. The molecule has 0 bridgehead atoms. The van der Waals surface area contributed by atoms with E-state index in [0.29, 0.717) is 29.8 Å². The number of nitrogens with zero attached hydrogens (tertiary/aromatic N) is 3. The minimum atomic E-state index is -4.46. The predicted octanol–water partition coefficient (Wildman–Crippen LogP) is 2.45. The number of halogens is 3. The summed E-state index contributed by atoms with van der Waals surface area (Å²) in [5, 5.41) is 2.68. The zero-order valence-corrected chi connectivity index (χ0v) is 19.0. The molecule has 1 aliphatic heterocycles. The van der Waals surface area contributed by atoms with Crippen molar-refractivity contribution in [3.63, 3.8) is 0 Å². The summed E-state index contributed by atoms with van der Waals surface area (Å²) in [7, 11) is 0. The van der Waals surface area contributed by atoms with E-state index < -0.39 is 42.2 Å². The molecule has 2 fully saturated rings. The number of rotatable bonds is 5. The van der Waals surface area contributed by atoms with Crippen LogP contribution in [0.25, 0.3) is 10.2 Å². The first-order valence-corrected chi connectivity index (χ1v) is 11.8. The number of hydrogen-bond acceptors (Lipinski definition) is 5. The van der Waals surface area contributed by atoms with Gasteiger partial charge in [-0.2, -0.15) is 13.2 Å². The van der Waals surface area contributed by atoms with Crippen LogP contribution < -0.4 is 16.6 Å². The third-order valence-electron chi connectivity index (χ3n) is 6.38. The van der Waals surface area contributed by atoms with Gasteiger partial charge < -0.3 is 10.2 Å². The molecule has 4 rings (SSSR count). The Kier molecular flexibility index (Phi) is 6.39. The summed E-state index contributed by atoms with van der Waals surface area (Å²) in [6, 6.07) is -0.338. The lowest BCUT2D eigenvalue weighted by atomic mass is 9.95. The number of aryl methyl sites for hydroxylation is 2. The largest absolute Gasteiger partial charge is 0.390 e. The average Bonchev–Trinajstić information content (AvgIpc) is 3.07. The molecule has 180 valence electrons. The number of amides is 2. The van der Waals surface area contributed by atoms with Gasteiger partial charge in [-0.25, -0.2) is 4.79 Å². The molecule has 1 saturated heterocycles. The molecule has 33 heavy (non-hydrogen) atoms. The number of hydrogen-bond donors (Lipinski definition) is 1. The molecule has 0 spiro atoms. The summed E-state index contributed by atoms with van der Waals surface area (Å²) in [5.74, 6) is -1.42. The van der Waals surface area contributed by atoms with Crippen molar-refractivity contribution >= 4 is 33.4 Å². The fraction of sp³-hybridized carbons (Fsp3) is 0.619. The van der Waals surface area contributed by atoms with E-state index in [0.717, 1.165) is 39.7 Å². The highest BCUT2D eigenvalue weighted by molar-refractivity contribution is 7.18. The smallest absolute Gasteiger partial charge is 0.346 e. The Balaban J connectivity index is 1.84. The van der Waals surface area contributed by atoms with E-state index >= 15 is 0 Å². The summed E-state index contributed by atoms with van der Waals surface area (Å²) in [4.78, 5) is 52.7. The van der Waals surface area contributed by atoms with Gasteiger partial charge in [-0.15, -0.1) is 11.3 Å². The van der Waals surface area contributed by atoms with Gasteiger partial charge in [0.05, 0.1) is 18.4 Å². The molecule has 0 atom stereocenters. The van der Waals surface area contributed by atoms with E-state index in [-0.39, 0.29) is 29.3 Å². The lowest BCUT2D eigenvalue weighted by Crippen LogP contribution is -2.51. The van der Waals surface area contributed by atoms with Crippen LogP contribution in [-0.4, -0.2) is 45.1 Å². The molecular formula is C21H25F3N4O4S. The molecule has 2 aliphatic rings. The Hall–Kier alpha value is -2.63. The summed E-state index contributed by atoms with van der Waals surface area (Å²) in [6.45, 7) is 1.71. The molecule has 0 radical (unpaired) electrons. The molecule has 2 aromatic heterocycles. The Bertz CT molecular complexity index is 1210. The van der Waals surface area contributed by atoms with Gasteiger partial charge in [-0.1, -0.05) is 19.3 Å². The van der Waals surface area contributed by atoms with E-state index in [1.165, 1.54) is 4.90 Å². The van der Waals surface area contributed by atoms with Crippen LogP contribution in [0.2, 0.25) is 0 Å². The summed E-state index contributed by atoms with van der Waals surface area (Å²) in [5.41, 5.74) is -0.679. The average molecular weight is 487 g/mol. The maximum Gasteiger partial charge on any atom is 0.390 e. The molecule has 1 saturated carbocycles. The maximum absolute atomic E-state index is 13.4. The van der Waals surface area contributed by atoms with Gasteiger partial charge in [0.2, 0.25) is 0 Å². The lowest BCUT2D eigenvalue weighted by Gasteiger charge is -2.26. The molecule has 3 heterocycles. The number of piperazine rings is 1. The Morgan fingerprint density at radius 2 is 1.79 bits per heavy atom. The van der Waals surface area contributed by atoms with Crippen molar-refractivity contribution in [2.24, 2.45) is 0 Å². The van der Waals surface area contributed by atoms with Crippen molar-refractivity contribution in [2.45, 2.75) is 70.8 Å². The zero-order chi connectivity index (χ0) is 23.9. The van der Waals surface area contributed by atoms with Crippen molar-refractivity contribution in [1.82, 2.24) is 19.4 Å². The van der Waals surface area contributed by atoms with Gasteiger partial charge in [-0.05, 0) is 25.3 Å². The Labute approximate surface area is 191 Å². The maximum atomic E-state index is 13.4. The van der Waals surface area contributed by atoms with Gasteiger partial charge in [0.1, 0.15) is 4.83 Å². The van der Waals surface area contributed by atoms with Crippen molar-refractivity contribution < 1.29 is 22.8 Å². The standard InChI is InChI=1S/C21H25F3N4O4S/c1-12-14(11-26-10-8-25-16(29)18(26)31)33-19-15(12)17(30)28(13-5-3-2-4-6-13)20(32)27(19)9-7-21(22,23)24/h13H,2-11H2,1H3,(H,25,29). The number of carbonyl (C=O) groups is 2. The second kappa shape index (κ2) is 8.96. The minimum Gasteiger partial charge on any atom is -0.346 e. The van der Waals surface area contributed by atoms with E-state index in [1.807, 2.05) is 0 Å². The topological polar surface area (TPSA) is 93.4 Å². The summed E-state index contributed by atoms with van der Waals surface area (Å²) < 4.78 is 41.3. The highest BCUT2D eigenvalue weighted by Crippen LogP contribution is 2.32. The van der Waals surface area contributed by atoms with Crippen LogP contribution in [0.1, 0.15) is 55.0 Å². The predicted molar refractivity (Wildman–Crippen MR) is 116 cm³/mol. The SMILES string of the molecule is Cc1c(CN2CCNC(=O)C2=O)sc2c1c(=O)n(C1CCCCC1)c(=O)n2CCC(F)(F)F. The van der Waals surface area contributed by atoms with Crippen LogP contribution in [0.15, 0.2) is 9.59 Å². The van der Waals surface area contributed by atoms with E-state index in [4.69, 9.17) is 0 Å². The lowest BCUT2D eigenvalue weighted by molar-refractivity contribution is -0.148. The summed E-state index contributed by atoms with van der Waals surface area (Å²) in [6.07, 6.45) is -1.69. The first kappa shape index (κ1) is 23.5. The number of nitrogens with one attached hydrogen (secondary N) is 1. The molecule has 2 aromatic rings. The molecule has 2 amide bonds. The van der Waals surface area contributed by atoms with Crippen LogP contribution >= 0.6 is 11.3 Å². The van der Waals surface area contributed by atoms with Crippen LogP contribution in [0, 0.1) is 6.92 Å². The quantitative estimate of drug-likeness (QED) is 0.657. The van der Waals surface area contributed by atoms with Gasteiger partial charge >= 0.3 is 23.7 Å². The Morgan fingerprint density at radius 3 is 2.45 bits per heavy atom. The first-order chi connectivity index (χ1) is 15.6. The highest BCUT2D eigenvalue weighted by atomic mass is 32.1. The van der Waals surface area contributed by atoms with Crippen LogP contribution in [0.5, 0.6) is 0 Å². The van der Waals surface area contributed by atoms with E-state index in [1.54, 1.807) is 6.92 Å². The third-order valence-corrected chi connectivity index (χ3v) is 7.68. The van der Waals surface area contributed by atoms with Crippen molar-refractivity contribution in [1.29, 1.82) is 0 Å². The van der Waals surface area contributed by atoms with Gasteiger partial charge in [0.25, 0.3) is 5.56 Å². The second-order valence-corrected chi connectivity index (χ2v) is 9.66. The van der Waals surface area contributed by atoms with Gasteiger partial charge in [0, 0.05) is 30.6 Å². The van der Waals surface area contributed by atoms with E-state index in [9.17, 15) is 32.3 Å². The highest BCUT2D eigenvalue weighted by Gasteiger charge is 2.31. The van der Waals surface area contributed by atoms with Crippen LogP contribution in [0.3, 0.4) is 0 Å². The van der Waals surface area contributed by atoms with Crippen molar-refractivity contribution in [3.8, 4) is 0 Å². The molecule has 1 aliphatic carbocycles. The zero-order valence-electron chi connectivity index (χ0n) is 18.2. The number of alkyl halides is 3. The molecule has 0 unspecified atom stereocenters. The number of aromatic nitrogens is 2. The van der Waals surface area contributed by atoms with Crippen molar-refractivity contribution in [2.75, 3.05) is 13.1 Å². The normalized spacial score (nSPS) is 18.2. The Morgan fingerprint density at radius 1 is 1.09 bits per heavy atom. The van der Waals surface area contributed by atoms with Gasteiger partial charge in [-0.3, -0.25) is 23.5 Å². The number of carbonyl (C=O) groups excluding carboxylic acids is 2. The van der Waals surface area contributed by atoms with Crippen molar-refractivity contribution in [3.05, 3.63) is 31.3 Å². The van der Waals surface area contributed by atoms with Crippen LogP contribution in [0.4, 0.5) is 13.2 Å². The molecule has 8 nitrogen and oxygen atoms in total. The number of thiophene rings is 1. The fourth-order valence-corrected chi connectivity index (χ4v) is 5.94. The van der Waals surface area contributed by atoms with Gasteiger partial charge in [0.15, 0.2) is 0 Å². The number of fused-ring (bicyclic) bond motifs is 1. The molecule has 0 aromatic carbocycles.